The van der Waals surface area contributed by atoms with Gasteiger partial charge < -0.3 is 10.2 Å². The first kappa shape index (κ1) is 14.4. The molecule has 2 rings (SSSR count). The monoisotopic (exact) mass is 261 g/mol. The van der Waals surface area contributed by atoms with Crippen LogP contribution < -0.4 is 10.2 Å². The molecule has 106 valence electrons. The summed E-state index contributed by atoms with van der Waals surface area (Å²) in [6.07, 6.45) is 1.22. The van der Waals surface area contributed by atoms with Gasteiger partial charge >= 0.3 is 0 Å². The van der Waals surface area contributed by atoms with Crippen LogP contribution in [-0.4, -0.2) is 44.7 Å². The third-order valence-corrected chi connectivity index (χ3v) is 4.44. The van der Waals surface area contributed by atoms with Gasteiger partial charge in [-0.3, -0.25) is 4.90 Å². The molecule has 0 spiro atoms. The Morgan fingerprint density at radius 2 is 1.95 bits per heavy atom. The number of hydrogen-bond acceptors (Lipinski definition) is 3. The predicted octanol–water partition coefficient (Wildman–Crippen LogP) is 2.50. The van der Waals surface area contributed by atoms with Crippen molar-refractivity contribution in [2.24, 2.45) is 0 Å². The molecule has 0 bridgehead atoms. The summed E-state index contributed by atoms with van der Waals surface area (Å²) in [5.41, 5.74) is 2.71. The summed E-state index contributed by atoms with van der Waals surface area (Å²) in [5, 5.41) is 3.28. The number of rotatable bonds is 4. The van der Waals surface area contributed by atoms with E-state index in [-0.39, 0.29) is 0 Å². The summed E-state index contributed by atoms with van der Waals surface area (Å²) >= 11 is 0. The zero-order valence-corrected chi connectivity index (χ0v) is 12.7. The number of nitrogens with zero attached hydrogens (tertiary/aromatic N) is 2. The van der Waals surface area contributed by atoms with Gasteiger partial charge in [0.1, 0.15) is 0 Å². The summed E-state index contributed by atoms with van der Waals surface area (Å²) in [6, 6.07) is 10.1. The highest BCUT2D eigenvalue weighted by molar-refractivity contribution is 5.48. The van der Waals surface area contributed by atoms with Crippen molar-refractivity contribution in [3.05, 3.63) is 29.8 Å². The van der Waals surface area contributed by atoms with Gasteiger partial charge in [0.2, 0.25) is 0 Å². The van der Waals surface area contributed by atoms with Gasteiger partial charge in [-0.25, -0.2) is 0 Å². The highest BCUT2D eigenvalue weighted by atomic mass is 15.3. The zero-order chi connectivity index (χ0) is 13.8. The van der Waals surface area contributed by atoms with Crippen molar-refractivity contribution in [3.63, 3.8) is 0 Å². The summed E-state index contributed by atoms with van der Waals surface area (Å²) in [6.45, 7) is 7.91. The molecule has 2 unspecified atom stereocenters. The Morgan fingerprint density at radius 1 is 1.26 bits per heavy atom. The minimum Gasteiger partial charge on any atom is -0.369 e. The molecule has 0 aromatic heterocycles. The molecule has 2 atom stereocenters. The number of anilines is 1. The maximum Gasteiger partial charge on any atom is 0.0367 e. The van der Waals surface area contributed by atoms with Crippen molar-refractivity contribution in [3.8, 4) is 0 Å². The molecule has 1 saturated heterocycles. The second kappa shape index (κ2) is 6.40. The summed E-state index contributed by atoms with van der Waals surface area (Å²) < 4.78 is 0. The molecule has 3 heteroatoms. The second-order valence-electron chi connectivity index (χ2n) is 5.59. The van der Waals surface area contributed by atoms with Crippen LogP contribution in [0.3, 0.4) is 0 Å². The normalized spacial score (nSPS) is 22.5. The molecule has 1 aromatic rings. The molecule has 0 amide bonds. The van der Waals surface area contributed by atoms with Crippen molar-refractivity contribution in [1.82, 2.24) is 10.2 Å². The Labute approximate surface area is 117 Å². The number of hydrogen-bond donors (Lipinski definition) is 1. The lowest BCUT2D eigenvalue weighted by molar-refractivity contribution is 0.213. The molecule has 1 aliphatic heterocycles. The first-order valence-electron chi connectivity index (χ1n) is 7.38. The highest BCUT2D eigenvalue weighted by Crippen LogP contribution is 2.22. The van der Waals surface area contributed by atoms with Crippen LogP contribution in [0.5, 0.6) is 0 Å². The van der Waals surface area contributed by atoms with E-state index in [0.717, 1.165) is 19.6 Å². The largest absolute Gasteiger partial charge is 0.369 e. The fourth-order valence-electron chi connectivity index (χ4n) is 2.76. The van der Waals surface area contributed by atoms with Crippen LogP contribution in [-0.2, 0) is 0 Å². The third kappa shape index (κ3) is 3.28. The molecular formula is C16H27N3. The van der Waals surface area contributed by atoms with Crippen LogP contribution in [0.15, 0.2) is 24.3 Å². The van der Waals surface area contributed by atoms with Crippen LogP contribution in [0.1, 0.15) is 31.9 Å². The van der Waals surface area contributed by atoms with Gasteiger partial charge in [0, 0.05) is 37.4 Å². The topological polar surface area (TPSA) is 18.5 Å². The Hall–Kier alpha value is -1.06. The summed E-state index contributed by atoms with van der Waals surface area (Å²) in [5.74, 6) is 0. The lowest BCUT2D eigenvalue weighted by Gasteiger charge is -2.40. The zero-order valence-electron chi connectivity index (χ0n) is 12.7. The number of benzene rings is 1. The Bertz CT molecular complexity index is 387. The van der Waals surface area contributed by atoms with Gasteiger partial charge in [0.25, 0.3) is 0 Å². The smallest absolute Gasteiger partial charge is 0.0367 e. The van der Waals surface area contributed by atoms with Crippen molar-refractivity contribution in [1.29, 1.82) is 0 Å². The fraction of sp³-hybridized carbons (Fsp3) is 0.625. The van der Waals surface area contributed by atoms with Gasteiger partial charge in [-0.15, -0.1) is 0 Å². The average molecular weight is 261 g/mol. The van der Waals surface area contributed by atoms with E-state index in [1.807, 2.05) is 7.05 Å². The van der Waals surface area contributed by atoms with E-state index < -0.39 is 0 Å². The third-order valence-electron chi connectivity index (χ3n) is 4.44. The van der Waals surface area contributed by atoms with Gasteiger partial charge in [-0.2, -0.15) is 0 Å². The fourth-order valence-corrected chi connectivity index (χ4v) is 2.76. The SMILES string of the molecule is CCC1CN(c2ccc(C(C)NC)cc2)CCN1C. The van der Waals surface area contributed by atoms with E-state index in [0.29, 0.717) is 12.1 Å². The van der Waals surface area contributed by atoms with E-state index in [2.05, 4.69) is 60.3 Å². The standard InChI is InChI=1S/C16H27N3/c1-5-15-12-19(11-10-18(15)4)16-8-6-14(7-9-16)13(2)17-3/h6-9,13,15,17H,5,10-12H2,1-4H3. The molecule has 1 fully saturated rings. The molecule has 0 aliphatic carbocycles. The van der Waals surface area contributed by atoms with Crippen LogP contribution in [0, 0.1) is 0 Å². The molecule has 19 heavy (non-hydrogen) atoms. The maximum absolute atomic E-state index is 3.28. The van der Waals surface area contributed by atoms with E-state index in [1.54, 1.807) is 0 Å². The first-order valence-corrected chi connectivity index (χ1v) is 7.38. The number of piperazine rings is 1. The van der Waals surface area contributed by atoms with Crippen LogP contribution in [0.25, 0.3) is 0 Å². The first-order chi connectivity index (χ1) is 9.15. The average Bonchev–Trinajstić information content (AvgIpc) is 2.47. The van der Waals surface area contributed by atoms with Gasteiger partial charge in [0.15, 0.2) is 0 Å². The van der Waals surface area contributed by atoms with Crippen molar-refractivity contribution in [2.75, 3.05) is 38.6 Å². The lowest BCUT2D eigenvalue weighted by Crippen LogP contribution is -2.51. The number of nitrogens with one attached hydrogen (secondary N) is 1. The van der Waals surface area contributed by atoms with E-state index in [4.69, 9.17) is 0 Å². The van der Waals surface area contributed by atoms with E-state index in [1.165, 1.54) is 17.7 Å². The molecule has 0 radical (unpaired) electrons. The molecule has 1 aliphatic rings. The molecule has 1 heterocycles. The predicted molar refractivity (Wildman–Crippen MR) is 82.8 cm³/mol. The minimum atomic E-state index is 0.421. The van der Waals surface area contributed by atoms with Crippen LogP contribution >= 0.6 is 0 Å². The highest BCUT2D eigenvalue weighted by Gasteiger charge is 2.22. The quantitative estimate of drug-likeness (QED) is 0.898. The van der Waals surface area contributed by atoms with Crippen molar-refractivity contribution < 1.29 is 0 Å². The van der Waals surface area contributed by atoms with Gasteiger partial charge in [-0.1, -0.05) is 19.1 Å². The van der Waals surface area contributed by atoms with Crippen LogP contribution in [0.4, 0.5) is 5.69 Å². The Kier molecular flexibility index (Phi) is 4.83. The van der Waals surface area contributed by atoms with Crippen LogP contribution in [0.2, 0.25) is 0 Å². The van der Waals surface area contributed by atoms with Gasteiger partial charge in [-0.05, 0) is 45.1 Å². The molecule has 1 aromatic carbocycles. The van der Waals surface area contributed by atoms with E-state index >= 15 is 0 Å². The maximum atomic E-state index is 3.28. The van der Waals surface area contributed by atoms with Crippen molar-refractivity contribution >= 4 is 5.69 Å². The summed E-state index contributed by atoms with van der Waals surface area (Å²) in [7, 11) is 4.24. The molecule has 0 saturated carbocycles. The second-order valence-corrected chi connectivity index (χ2v) is 5.59. The minimum absolute atomic E-state index is 0.421. The molecule has 3 nitrogen and oxygen atoms in total. The van der Waals surface area contributed by atoms with Crippen molar-refractivity contribution in [2.45, 2.75) is 32.4 Å². The Morgan fingerprint density at radius 3 is 2.53 bits per heavy atom. The lowest BCUT2D eigenvalue weighted by atomic mass is 10.1. The molecular weight excluding hydrogens is 234 g/mol. The summed E-state index contributed by atoms with van der Waals surface area (Å²) in [4.78, 5) is 5.00. The molecule has 1 N–H and O–H groups in total. The number of likely N-dealkylation sites (N-methyl/N-ethyl adjacent to an activating group) is 1. The van der Waals surface area contributed by atoms with E-state index in [9.17, 15) is 0 Å². The van der Waals surface area contributed by atoms with Gasteiger partial charge in [0.05, 0.1) is 0 Å². The Balaban J connectivity index is 2.06.